The third-order valence-corrected chi connectivity index (χ3v) is 7.55. The molecule has 2 heterocycles. The van der Waals surface area contributed by atoms with Gasteiger partial charge in [0, 0.05) is 18.2 Å². The molecule has 2 N–H and O–H groups in total. The molecular formula is C28H34N4O3S. The number of thiocarbonyl (C=S) groups is 1. The summed E-state index contributed by atoms with van der Waals surface area (Å²) < 4.78 is 4.94. The van der Waals surface area contributed by atoms with Gasteiger partial charge in [-0.2, -0.15) is 0 Å². The number of rotatable bonds is 7. The van der Waals surface area contributed by atoms with Crippen molar-refractivity contribution in [1.82, 2.24) is 14.8 Å². The molecular weight excluding hydrogens is 472 g/mol. The number of ether oxygens (including phenoxy) is 1. The molecule has 0 saturated carbocycles. The average Bonchev–Trinajstić information content (AvgIpc) is 3.33. The molecule has 7 nitrogen and oxygen atoms in total. The first-order chi connectivity index (χ1) is 17.3. The predicted octanol–water partition coefficient (Wildman–Crippen LogP) is 4.61. The second-order valence-electron chi connectivity index (χ2n) is 9.37. The lowest BCUT2D eigenvalue weighted by Gasteiger charge is -2.32. The summed E-state index contributed by atoms with van der Waals surface area (Å²) in [7, 11) is 1.36. The van der Waals surface area contributed by atoms with Gasteiger partial charge in [-0.25, -0.2) is 4.79 Å². The first-order valence-electron chi connectivity index (χ1n) is 12.4. The highest BCUT2D eigenvalue weighted by Crippen LogP contribution is 2.23. The number of likely N-dealkylation sites (N-methyl/N-ethyl adjacent to an activating group) is 1. The van der Waals surface area contributed by atoms with Crippen LogP contribution in [0.3, 0.4) is 0 Å². The van der Waals surface area contributed by atoms with Crippen LogP contribution < -0.4 is 10.9 Å². The van der Waals surface area contributed by atoms with Crippen molar-refractivity contribution in [3.05, 3.63) is 75.1 Å². The van der Waals surface area contributed by atoms with Gasteiger partial charge in [-0.1, -0.05) is 31.2 Å². The maximum absolute atomic E-state index is 13.1. The van der Waals surface area contributed by atoms with Crippen molar-refractivity contribution >= 4 is 39.9 Å². The average molecular weight is 507 g/mol. The number of fused-ring (bicyclic) bond motifs is 1. The van der Waals surface area contributed by atoms with Gasteiger partial charge in [-0.05, 0) is 86.7 Å². The summed E-state index contributed by atoms with van der Waals surface area (Å²) in [4.78, 5) is 33.0. The molecule has 1 fully saturated rings. The maximum atomic E-state index is 13.1. The summed E-state index contributed by atoms with van der Waals surface area (Å²) >= 11 is 5.86. The summed E-state index contributed by atoms with van der Waals surface area (Å²) in [5.41, 5.74) is 4.62. The van der Waals surface area contributed by atoms with Crippen LogP contribution in [0.4, 0.5) is 5.69 Å². The van der Waals surface area contributed by atoms with Gasteiger partial charge in [0.25, 0.3) is 5.56 Å². The number of likely N-dealkylation sites (tertiary alicyclic amines) is 1. The van der Waals surface area contributed by atoms with Crippen molar-refractivity contribution in [2.75, 3.05) is 32.1 Å². The number of aromatic amines is 1. The number of aryl methyl sites for hydroxylation is 2. The van der Waals surface area contributed by atoms with Crippen LogP contribution in [0, 0.1) is 13.8 Å². The number of carbonyl (C=O) groups is 1. The summed E-state index contributed by atoms with van der Waals surface area (Å²) in [5.74, 6) is -0.433. The SMILES string of the molecule is CCN1CCCC1CN(Cc1cc2ccc(C)c(C)c2[nH]c1=O)C(=S)Nc1ccccc1C(=O)OC. The molecule has 0 aliphatic carbocycles. The van der Waals surface area contributed by atoms with Gasteiger partial charge in [0.2, 0.25) is 0 Å². The predicted molar refractivity (Wildman–Crippen MR) is 149 cm³/mol. The molecule has 8 heteroatoms. The number of benzene rings is 2. The van der Waals surface area contributed by atoms with Crippen LogP contribution in [-0.2, 0) is 11.3 Å². The van der Waals surface area contributed by atoms with Gasteiger partial charge in [0.15, 0.2) is 5.11 Å². The maximum Gasteiger partial charge on any atom is 0.339 e. The zero-order valence-electron chi connectivity index (χ0n) is 21.4. The molecule has 1 aliphatic heterocycles. The number of hydrogen-bond acceptors (Lipinski definition) is 5. The van der Waals surface area contributed by atoms with Gasteiger partial charge >= 0.3 is 5.97 Å². The van der Waals surface area contributed by atoms with Gasteiger partial charge < -0.3 is 19.9 Å². The molecule has 1 aromatic heterocycles. The van der Waals surface area contributed by atoms with Crippen LogP contribution in [0.15, 0.2) is 47.3 Å². The Hall–Kier alpha value is -3.23. The zero-order chi connectivity index (χ0) is 25.8. The van der Waals surface area contributed by atoms with Gasteiger partial charge in [-0.15, -0.1) is 0 Å². The third-order valence-electron chi connectivity index (χ3n) is 7.19. The standard InChI is InChI=1S/C28H34N4O3S/c1-5-31-14-8-9-22(31)17-32(28(36)29-24-11-7-6-10-23(24)27(34)35-4)16-21-15-20-13-12-18(2)19(3)25(20)30-26(21)33/h6-7,10-13,15,22H,5,8-9,14,16-17H2,1-4H3,(H,29,36)(H,30,33). The van der Waals surface area contributed by atoms with Crippen molar-refractivity contribution in [1.29, 1.82) is 0 Å². The lowest BCUT2D eigenvalue weighted by Crippen LogP contribution is -2.45. The van der Waals surface area contributed by atoms with E-state index < -0.39 is 5.97 Å². The minimum atomic E-state index is -0.433. The Kier molecular flexibility index (Phi) is 8.06. The first kappa shape index (κ1) is 25.9. The summed E-state index contributed by atoms with van der Waals surface area (Å²) in [6.45, 7) is 9.32. The highest BCUT2D eigenvalue weighted by Gasteiger charge is 2.27. The molecule has 190 valence electrons. The molecule has 4 rings (SSSR count). The molecule has 36 heavy (non-hydrogen) atoms. The largest absolute Gasteiger partial charge is 0.465 e. The van der Waals surface area contributed by atoms with E-state index in [9.17, 15) is 9.59 Å². The van der Waals surface area contributed by atoms with E-state index >= 15 is 0 Å². The number of carbonyl (C=O) groups excluding carboxylic acids is 1. The number of esters is 1. The van der Waals surface area contributed by atoms with Gasteiger partial charge in [-0.3, -0.25) is 9.69 Å². The third kappa shape index (κ3) is 5.44. The lowest BCUT2D eigenvalue weighted by atomic mass is 10.0. The van der Waals surface area contributed by atoms with Crippen LogP contribution in [0.2, 0.25) is 0 Å². The van der Waals surface area contributed by atoms with E-state index in [-0.39, 0.29) is 5.56 Å². The molecule has 0 spiro atoms. The molecule has 1 aliphatic rings. The quantitative estimate of drug-likeness (QED) is 0.358. The van der Waals surface area contributed by atoms with E-state index in [0.29, 0.717) is 41.1 Å². The van der Waals surface area contributed by atoms with Crippen LogP contribution in [-0.4, -0.2) is 58.7 Å². The van der Waals surface area contributed by atoms with E-state index in [1.807, 2.05) is 36.9 Å². The Morgan fingerprint density at radius 2 is 2.03 bits per heavy atom. The molecule has 2 aromatic carbocycles. The number of nitrogens with zero attached hydrogens (tertiary/aromatic N) is 2. The summed E-state index contributed by atoms with van der Waals surface area (Å²) in [6.07, 6.45) is 2.23. The summed E-state index contributed by atoms with van der Waals surface area (Å²) in [5, 5.41) is 4.72. The number of nitrogens with one attached hydrogen (secondary N) is 2. The first-order valence-corrected chi connectivity index (χ1v) is 12.8. The Morgan fingerprint density at radius 1 is 1.25 bits per heavy atom. The van der Waals surface area contributed by atoms with E-state index in [4.69, 9.17) is 17.0 Å². The highest BCUT2D eigenvalue weighted by molar-refractivity contribution is 7.80. The fourth-order valence-corrected chi connectivity index (χ4v) is 5.21. The highest BCUT2D eigenvalue weighted by atomic mass is 32.1. The monoisotopic (exact) mass is 506 g/mol. The molecule has 0 amide bonds. The zero-order valence-corrected chi connectivity index (χ0v) is 22.2. The minimum absolute atomic E-state index is 0.113. The van der Waals surface area contributed by atoms with Crippen LogP contribution >= 0.6 is 12.2 Å². The van der Waals surface area contributed by atoms with E-state index in [2.05, 4.69) is 28.2 Å². The normalized spacial score (nSPS) is 15.7. The van der Waals surface area contributed by atoms with Crippen molar-refractivity contribution in [3.63, 3.8) is 0 Å². The fraction of sp³-hybridized carbons (Fsp3) is 0.393. The van der Waals surface area contributed by atoms with E-state index in [1.165, 1.54) is 7.11 Å². The topological polar surface area (TPSA) is 77.7 Å². The van der Waals surface area contributed by atoms with Gasteiger partial charge in [0.1, 0.15) is 0 Å². The Balaban J connectivity index is 1.66. The molecule has 0 bridgehead atoms. The lowest BCUT2D eigenvalue weighted by molar-refractivity contribution is 0.0602. The minimum Gasteiger partial charge on any atom is -0.465 e. The number of pyridine rings is 1. The molecule has 0 radical (unpaired) electrons. The number of H-pyrrole nitrogens is 1. The molecule has 3 aromatic rings. The molecule has 1 saturated heterocycles. The Morgan fingerprint density at radius 3 is 2.78 bits per heavy atom. The molecule has 1 unspecified atom stereocenters. The molecule has 1 atom stereocenters. The number of anilines is 1. The number of aromatic nitrogens is 1. The van der Waals surface area contributed by atoms with E-state index in [0.717, 1.165) is 48.0 Å². The van der Waals surface area contributed by atoms with E-state index in [1.54, 1.807) is 18.2 Å². The Labute approximate surface area is 217 Å². The fourth-order valence-electron chi connectivity index (χ4n) is 4.96. The number of methoxy groups -OCH3 is 1. The van der Waals surface area contributed by atoms with Crippen LogP contribution in [0.1, 0.15) is 46.8 Å². The van der Waals surface area contributed by atoms with Crippen molar-refractivity contribution in [2.45, 2.75) is 46.2 Å². The number of hydrogen-bond donors (Lipinski definition) is 2. The van der Waals surface area contributed by atoms with Crippen LogP contribution in [0.5, 0.6) is 0 Å². The number of para-hydroxylation sites is 1. The van der Waals surface area contributed by atoms with Crippen molar-refractivity contribution < 1.29 is 9.53 Å². The second-order valence-corrected chi connectivity index (χ2v) is 9.75. The van der Waals surface area contributed by atoms with Crippen LogP contribution in [0.25, 0.3) is 10.9 Å². The second kappa shape index (κ2) is 11.2. The summed E-state index contributed by atoms with van der Waals surface area (Å²) in [6, 6.07) is 13.6. The van der Waals surface area contributed by atoms with Crippen molar-refractivity contribution in [3.8, 4) is 0 Å². The smallest absolute Gasteiger partial charge is 0.339 e. The van der Waals surface area contributed by atoms with Crippen molar-refractivity contribution in [2.24, 2.45) is 0 Å². The van der Waals surface area contributed by atoms with Gasteiger partial charge in [0.05, 0.1) is 30.4 Å². The Bertz CT molecular complexity index is 1340.